The third-order valence-electron chi connectivity index (χ3n) is 3.71. The van der Waals surface area contributed by atoms with Gasteiger partial charge in [-0.3, -0.25) is 0 Å². The second-order valence-electron chi connectivity index (χ2n) is 6.02. The molecule has 1 unspecified atom stereocenters. The lowest BCUT2D eigenvalue weighted by molar-refractivity contribution is 0.272. The molecule has 0 amide bonds. The zero-order chi connectivity index (χ0) is 16.7. The van der Waals surface area contributed by atoms with E-state index in [4.69, 9.17) is 9.47 Å². The van der Waals surface area contributed by atoms with E-state index in [1.54, 1.807) is 18.4 Å². The van der Waals surface area contributed by atoms with Crippen LogP contribution in [0, 0.1) is 5.92 Å². The minimum Gasteiger partial charge on any atom is -0.493 e. The van der Waals surface area contributed by atoms with Crippen LogP contribution < -0.4 is 14.8 Å². The van der Waals surface area contributed by atoms with E-state index < -0.39 is 0 Å². The van der Waals surface area contributed by atoms with Crippen LogP contribution >= 0.6 is 11.3 Å². The van der Waals surface area contributed by atoms with Gasteiger partial charge < -0.3 is 14.8 Å². The summed E-state index contributed by atoms with van der Waals surface area (Å²) in [6.07, 6.45) is 1.04. The van der Waals surface area contributed by atoms with Gasteiger partial charge in [0.05, 0.1) is 24.9 Å². The molecular formula is C18H26N2O2S. The van der Waals surface area contributed by atoms with E-state index in [-0.39, 0.29) is 6.04 Å². The number of nitrogens with zero attached hydrogens (tertiary/aromatic N) is 1. The first-order valence-electron chi connectivity index (χ1n) is 8.01. The molecule has 2 rings (SSSR count). The molecule has 1 aromatic heterocycles. The predicted molar refractivity (Wildman–Crippen MR) is 95.3 cm³/mol. The third kappa shape index (κ3) is 5.52. The summed E-state index contributed by atoms with van der Waals surface area (Å²) < 4.78 is 11.3. The lowest BCUT2D eigenvalue weighted by Crippen LogP contribution is -2.18. The quantitative estimate of drug-likeness (QED) is 0.737. The Bertz CT molecular complexity index is 585. The van der Waals surface area contributed by atoms with Gasteiger partial charge in [-0.15, -0.1) is 11.3 Å². The van der Waals surface area contributed by atoms with Gasteiger partial charge in [0, 0.05) is 18.0 Å². The topological polar surface area (TPSA) is 43.4 Å². The van der Waals surface area contributed by atoms with Crippen LogP contribution in [0.2, 0.25) is 0 Å². The number of nitrogens with one attached hydrogen (secondary N) is 1. The summed E-state index contributed by atoms with van der Waals surface area (Å²) in [5.41, 5.74) is 4.10. The van der Waals surface area contributed by atoms with Gasteiger partial charge in [0.25, 0.3) is 0 Å². The Hall–Kier alpha value is -1.59. The Labute approximate surface area is 142 Å². The van der Waals surface area contributed by atoms with Crippen molar-refractivity contribution in [3.8, 4) is 11.5 Å². The molecule has 0 saturated carbocycles. The van der Waals surface area contributed by atoms with E-state index in [1.807, 2.05) is 17.6 Å². The van der Waals surface area contributed by atoms with Crippen molar-refractivity contribution in [3.63, 3.8) is 0 Å². The largest absolute Gasteiger partial charge is 0.493 e. The van der Waals surface area contributed by atoms with E-state index in [0.29, 0.717) is 12.5 Å². The van der Waals surface area contributed by atoms with Crippen molar-refractivity contribution in [1.29, 1.82) is 0 Å². The van der Waals surface area contributed by atoms with Crippen molar-refractivity contribution in [2.24, 2.45) is 5.92 Å². The van der Waals surface area contributed by atoms with E-state index in [0.717, 1.165) is 30.2 Å². The second kappa shape index (κ2) is 8.89. The van der Waals surface area contributed by atoms with Gasteiger partial charge in [0.2, 0.25) is 0 Å². The van der Waals surface area contributed by atoms with Crippen LogP contribution in [0.3, 0.4) is 0 Å². The number of ether oxygens (including phenoxy) is 2. The lowest BCUT2D eigenvalue weighted by Gasteiger charge is -2.17. The monoisotopic (exact) mass is 334 g/mol. The maximum absolute atomic E-state index is 5.84. The number of aromatic nitrogens is 1. The van der Waals surface area contributed by atoms with Gasteiger partial charge in [0.15, 0.2) is 11.5 Å². The molecule has 1 N–H and O–H groups in total. The fraction of sp³-hybridized carbons (Fsp3) is 0.500. The molecule has 1 aromatic carbocycles. The zero-order valence-corrected chi connectivity index (χ0v) is 15.2. The standard InChI is InChI=1S/C18H26N2O2S/c1-13(2)7-8-22-17-6-5-15(9-18(17)21-4)14(3)19-10-16-11-23-12-20-16/h5-6,9,11-14,19H,7-8,10H2,1-4H3. The van der Waals surface area contributed by atoms with Crippen LogP contribution in [-0.4, -0.2) is 18.7 Å². The first-order chi connectivity index (χ1) is 11.1. The molecule has 0 fully saturated rings. The summed E-state index contributed by atoms with van der Waals surface area (Å²) in [7, 11) is 1.68. The molecule has 126 valence electrons. The van der Waals surface area contributed by atoms with E-state index in [2.05, 4.69) is 42.5 Å². The maximum Gasteiger partial charge on any atom is 0.161 e. The summed E-state index contributed by atoms with van der Waals surface area (Å²) in [5.74, 6) is 2.23. The lowest BCUT2D eigenvalue weighted by atomic mass is 10.1. The SMILES string of the molecule is COc1cc(C(C)NCc2cscn2)ccc1OCCC(C)C. The molecule has 0 saturated heterocycles. The summed E-state index contributed by atoms with van der Waals surface area (Å²) in [5, 5.41) is 5.54. The van der Waals surface area contributed by atoms with E-state index in [9.17, 15) is 0 Å². The number of hydrogen-bond donors (Lipinski definition) is 1. The molecule has 0 bridgehead atoms. The Kier molecular flexibility index (Phi) is 6.86. The third-order valence-corrected chi connectivity index (χ3v) is 4.35. The maximum atomic E-state index is 5.84. The Balaban J connectivity index is 1.96. The van der Waals surface area contributed by atoms with Crippen molar-refractivity contribution < 1.29 is 9.47 Å². The van der Waals surface area contributed by atoms with Gasteiger partial charge in [-0.1, -0.05) is 19.9 Å². The van der Waals surface area contributed by atoms with Crippen molar-refractivity contribution in [1.82, 2.24) is 10.3 Å². The van der Waals surface area contributed by atoms with Crippen LogP contribution in [0.4, 0.5) is 0 Å². The highest BCUT2D eigenvalue weighted by Gasteiger charge is 2.11. The van der Waals surface area contributed by atoms with Gasteiger partial charge in [0.1, 0.15) is 0 Å². The molecular weight excluding hydrogens is 308 g/mol. The van der Waals surface area contributed by atoms with Crippen molar-refractivity contribution in [2.75, 3.05) is 13.7 Å². The second-order valence-corrected chi connectivity index (χ2v) is 6.74. The van der Waals surface area contributed by atoms with Crippen molar-refractivity contribution >= 4 is 11.3 Å². The number of methoxy groups -OCH3 is 1. The van der Waals surface area contributed by atoms with Gasteiger partial charge >= 0.3 is 0 Å². The van der Waals surface area contributed by atoms with Crippen molar-refractivity contribution in [3.05, 3.63) is 40.3 Å². The summed E-state index contributed by atoms with van der Waals surface area (Å²) >= 11 is 1.62. The number of benzene rings is 1. The van der Waals surface area contributed by atoms with E-state index in [1.165, 1.54) is 5.56 Å². The molecule has 0 aliphatic rings. The van der Waals surface area contributed by atoms with Crippen LogP contribution in [-0.2, 0) is 6.54 Å². The number of hydrogen-bond acceptors (Lipinski definition) is 5. The summed E-state index contributed by atoms with van der Waals surface area (Å²) in [6, 6.07) is 6.35. The predicted octanol–water partition coefficient (Wildman–Crippen LogP) is 4.43. The van der Waals surface area contributed by atoms with E-state index >= 15 is 0 Å². The molecule has 1 heterocycles. The van der Waals surface area contributed by atoms with Crippen LogP contribution in [0.25, 0.3) is 0 Å². The molecule has 0 aliphatic carbocycles. The summed E-state index contributed by atoms with van der Waals surface area (Å²) in [6.45, 7) is 8.00. The van der Waals surface area contributed by atoms with Crippen LogP contribution in [0.1, 0.15) is 44.5 Å². The highest BCUT2D eigenvalue weighted by molar-refractivity contribution is 7.07. The Morgan fingerprint density at radius 2 is 2.04 bits per heavy atom. The molecule has 1 atom stereocenters. The number of thiazole rings is 1. The van der Waals surface area contributed by atoms with Gasteiger partial charge in [-0.25, -0.2) is 4.98 Å². The molecule has 4 nitrogen and oxygen atoms in total. The highest BCUT2D eigenvalue weighted by Crippen LogP contribution is 2.30. The van der Waals surface area contributed by atoms with Crippen LogP contribution in [0.5, 0.6) is 11.5 Å². The zero-order valence-electron chi connectivity index (χ0n) is 14.3. The minimum atomic E-state index is 0.218. The molecule has 0 spiro atoms. The normalized spacial score (nSPS) is 12.4. The highest BCUT2D eigenvalue weighted by atomic mass is 32.1. The van der Waals surface area contributed by atoms with Gasteiger partial charge in [-0.05, 0) is 37.0 Å². The van der Waals surface area contributed by atoms with Gasteiger partial charge in [-0.2, -0.15) is 0 Å². The van der Waals surface area contributed by atoms with Crippen LogP contribution in [0.15, 0.2) is 29.1 Å². The Morgan fingerprint density at radius 1 is 1.22 bits per heavy atom. The fourth-order valence-corrected chi connectivity index (χ4v) is 2.74. The fourth-order valence-electron chi connectivity index (χ4n) is 2.18. The molecule has 5 heteroatoms. The molecule has 0 radical (unpaired) electrons. The first kappa shape index (κ1) is 17.8. The minimum absolute atomic E-state index is 0.218. The number of rotatable bonds is 9. The first-order valence-corrected chi connectivity index (χ1v) is 8.95. The molecule has 0 aliphatic heterocycles. The Morgan fingerprint density at radius 3 is 2.70 bits per heavy atom. The molecule has 23 heavy (non-hydrogen) atoms. The van der Waals surface area contributed by atoms with Crippen molar-refractivity contribution in [2.45, 2.75) is 39.8 Å². The summed E-state index contributed by atoms with van der Waals surface area (Å²) in [4.78, 5) is 4.29. The average molecular weight is 334 g/mol. The molecule has 2 aromatic rings. The average Bonchev–Trinajstić information content (AvgIpc) is 3.06. The smallest absolute Gasteiger partial charge is 0.161 e.